The summed E-state index contributed by atoms with van der Waals surface area (Å²) in [5.74, 6) is -0.172. The van der Waals surface area contributed by atoms with Gasteiger partial charge in [-0.1, -0.05) is 40.2 Å². The molecular formula is C19H17BrN2O2S. The Labute approximate surface area is 159 Å². The first-order chi connectivity index (χ1) is 12.1. The summed E-state index contributed by atoms with van der Waals surface area (Å²) in [5, 5.41) is 3.48. The van der Waals surface area contributed by atoms with E-state index in [4.69, 9.17) is 4.74 Å². The van der Waals surface area contributed by atoms with Crippen LogP contribution in [-0.2, 0) is 11.3 Å². The highest BCUT2D eigenvalue weighted by Gasteiger charge is 2.13. The quantitative estimate of drug-likeness (QED) is 0.615. The van der Waals surface area contributed by atoms with Crippen molar-refractivity contribution in [3.63, 3.8) is 0 Å². The Morgan fingerprint density at radius 3 is 2.72 bits per heavy atom. The SMILES string of the molecule is COCc1cccc(C(=O)Nc2nc(-c3ccc(Br)cc3)c(C)s2)c1. The number of thiazole rings is 1. The number of carbonyl (C=O) groups is 1. The third kappa shape index (κ3) is 4.34. The van der Waals surface area contributed by atoms with Crippen molar-refractivity contribution in [1.29, 1.82) is 0 Å². The molecule has 1 amide bonds. The third-order valence-corrected chi connectivity index (χ3v) is 5.05. The van der Waals surface area contributed by atoms with Gasteiger partial charge in [0.15, 0.2) is 5.13 Å². The summed E-state index contributed by atoms with van der Waals surface area (Å²) in [7, 11) is 1.63. The van der Waals surface area contributed by atoms with Gasteiger partial charge in [-0.25, -0.2) is 4.98 Å². The Kier molecular flexibility index (Phi) is 5.63. The Morgan fingerprint density at radius 2 is 2.00 bits per heavy atom. The number of ether oxygens (including phenoxy) is 1. The molecule has 0 saturated carbocycles. The molecular weight excluding hydrogens is 400 g/mol. The smallest absolute Gasteiger partial charge is 0.257 e. The molecule has 25 heavy (non-hydrogen) atoms. The Morgan fingerprint density at radius 1 is 1.24 bits per heavy atom. The highest BCUT2D eigenvalue weighted by Crippen LogP contribution is 2.31. The molecule has 0 aliphatic rings. The van der Waals surface area contributed by atoms with E-state index in [1.54, 1.807) is 13.2 Å². The Hall–Kier alpha value is -2.02. The van der Waals surface area contributed by atoms with Crippen LogP contribution >= 0.6 is 27.3 Å². The van der Waals surface area contributed by atoms with Crippen LogP contribution in [0.25, 0.3) is 11.3 Å². The summed E-state index contributed by atoms with van der Waals surface area (Å²) < 4.78 is 6.13. The van der Waals surface area contributed by atoms with Gasteiger partial charge >= 0.3 is 0 Å². The summed E-state index contributed by atoms with van der Waals surface area (Å²) in [6.45, 7) is 2.48. The Bertz CT molecular complexity index is 891. The lowest BCUT2D eigenvalue weighted by Crippen LogP contribution is -2.12. The molecule has 0 atom stereocenters. The second-order valence-corrected chi connectivity index (χ2v) is 7.64. The van der Waals surface area contributed by atoms with Gasteiger partial charge < -0.3 is 4.74 Å². The minimum atomic E-state index is -0.172. The number of anilines is 1. The zero-order chi connectivity index (χ0) is 17.8. The van der Waals surface area contributed by atoms with Crippen LogP contribution in [0.2, 0.25) is 0 Å². The van der Waals surface area contributed by atoms with Crippen LogP contribution in [-0.4, -0.2) is 18.0 Å². The van der Waals surface area contributed by atoms with E-state index in [1.807, 2.05) is 49.4 Å². The van der Waals surface area contributed by atoms with Crippen molar-refractivity contribution in [3.8, 4) is 11.3 Å². The predicted molar refractivity (Wildman–Crippen MR) is 105 cm³/mol. The fourth-order valence-corrected chi connectivity index (χ4v) is 3.56. The topological polar surface area (TPSA) is 51.2 Å². The van der Waals surface area contributed by atoms with Crippen LogP contribution in [0.15, 0.2) is 53.0 Å². The molecule has 0 aliphatic heterocycles. The molecule has 4 nitrogen and oxygen atoms in total. The molecule has 0 aliphatic carbocycles. The summed E-state index contributed by atoms with van der Waals surface area (Å²) in [4.78, 5) is 18.1. The molecule has 0 spiro atoms. The molecule has 128 valence electrons. The summed E-state index contributed by atoms with van der Waals surface area (Å²) in [5.41, 5.74) is 3.47. The number of methoxy groups -OCH3 is 1. The fraction of sp³-hybridized carbons (Fsp3) is 0.158. The lowest BCUT2D eigenvalue weighted by Gasteiger charge is -2.04. The predicted octanol–water partition coefficient (Wildman–Crippen LogP) is 5.28. The van der Waals surface area contributed by atoms with Gasteiger partial charge in [0.05, 0.1) is 12.3 Å². The second kappa shape index (κ2) is 7.91. The summed E-state index contributed by atoms with van der Waals surface area (Å²) in [6, 6.07) is 15.4. The van der Waals surface area contributed by atoms with Crippen LogP contribution in [0, 0.1) is 6.92 Å². The summed E-state index contributed by atoms with van der Waals surface area (Å²) in [6.07, 6.45) is 0. The van der Waals surface area contributed by atoms with Gasteiger partial charge in [-0.2, -0.15) is 0 Å². The zero-order valence-electron chi connectivity index (χ0n) is 13.9. The maximum Gasteiger partial charge on any atom is 0.257 e. The number of nitrogens with one attached hydrogen (secondary N) is 1. The van der Waals surface area contributed by atoms with Crippen molar-refractivity contribution in [1.82, 2.24) is 4.98 Å². The maximum atomic E-state index is 12.5. The number of hydrogen-bond donors (Lipinski definition) is 1. The van der Waals surface area contributed by atoms with Gasteiger partial charge in [0.25, 0.3) is 5.91 Å². The largest absolute Gasteiger partial charge is 0.380 e. The fourth-order valence-electron chi connectivity index (χ4n) is 2.46. The van der Waals surface area contributed by atoms with Crippen LogP contribution < -0.4 is 5.32 Å². The molecule has 1 N–H and O–H groups in total. The number of aromatic nitrogens is 1. The molecule has 0 radical (unpaired) electrons. The van der Waals surface area contributed by atoms with Gasteiger partial charge in [-0.3, -0.25) is 10.1 Å². The molecule has 0 unspecified atom stereocenters. The highest BCUT2D eigenvalue weighted by molar-refractivity contribution is 9.10. The van der Waals surface area contributed by atoms with Crippen molar-refractivity contribution < 1.29 is 9.53 Å². The van der Waals surface area contributed by atoms with Crippen molar-refractivity contribution in [2.45, 2.75) is 13.5 Å². The van der Waals surface area contributed by atoms with Crippen molar-refractivity contribution in [2.24, 2.45) is 0 Å². The van der Waals surface area contributed by atoms with Crippen LogP contribution in [0.4, 0.5) is 5.13 Å². The van der Waals surface area contributed by atoms with Crippen LogP contribution in [0.1, 0.15) is 20.8 Å². The lowest BCUT2D eigenvalue weighted by molar-refractivity contribution is 0.102. The zero-order valence-corrected chi connectivity index (χ0v) is 16.3. The number of carbonyl (C=O) groups excluding carboxylic acids is 1. The molecule has 2 aromatic carbocycles. The van der Waals surface area contributed by atoms with Gasteiger partial charge in [0, 0.05) is 27.6 Å². The number of nitrogens with zero attached hydrogens (tertiary/aromatic N) is 1. The summed E-state index contributed by atoms with van der Waals surface area (Å²) >= 11 is 4.90. The minimum Gasteiger partial charge on any atom is -0.380 e. The molecule has 1 heterocycles. The van der Waals surface area contributed by atoms with E-state index in [-0.39, 0.29) is 5.91 Å². The first-order valence-corrected chi connectivity index (χ1v) is 9.30. The first kappa shape index (κ1) is 17.8. The minimum absolute atomic E-state index is 0.172. The molecule has 1 aromatic heterocycles. The van der Waals surface area contributed by atoms with Gasteiger partial charge in [-0.15, -0.1) is 11.3 Å². The van der Waals surface area contributed by atoms with E-state index in [0.717, 1.165) is 26.2 Å². The number of benzene rings is 2. The monoisotopic (exact) mass is 416 g/mol. The molecule has 3 rings (SSSR count). The van der Waals surface area contributed by atoms with Crippen LogP contribution in [0.5, 0.6) is 0 Å². The standard InChI is InChI=1S/C19H17BrN2O2S/c1-12-17(14-6-8-16(20)9-7-14)21-19(25-12)22-18(23)15-5-3-4-13(10-15)11-24-2/h3-10H,11H2,1-2H3,(H,21,22,23). The lowest BCUT2D eigenvalue weighted by atomic mass is 10.1. The van der Waals surface area contributed by atoms with Gasteiger partial charge in [0.2, 0.25) is 0 Å². The van der Waals surface area contributed by atoms with E-state index in [0.29, 0.717) is 17.3 Å². The van der Waals surface area contributed by atoms with Gasteiger partial charge in [-0.05, 0) is 36.8 Å². The number of rotatable bonds is 5. The van der Waals surface area contributed by atoms with E-state index < -0.39 is 0 Å². The highest BCUT2D eigenvalue weighted by atomic mass is 79.9. The third-order valence-electron chi connectivity index (χ3n) is 3.63. The molecule has 6 heteroatoms. The van der Waals surface area contributed by atoms with E-state index in [9.17, 15) is 4.79 Å². The number of hydrogen-bond acceptors (Lipinski definition) is 4. The molecule has 0 fully saturated rings. The van der Waals surface area contributed by atoms with E-state index in [2.05, 4.69) is 26.2 Å². The Balaban J connectivity index is 1.79. The number of halogens is 1. The van der Waals surface area contributed by atoms with E-state index >= 15 is 0 Å². The van der Waals surface area contributed by atoms with Crippen LogP contribution in [0.3, 0.4) is 0 Å². The number of aryl methyl sites for hydroxylation is 1. The van der Waals surface area contributed by atoms with Gasteiger partial charge in [0.1, 0.15) is 0 Å². The molecule has 0 bridgehead atoms. The van der Waals surface area contributed by atoms with Crippen molar-refractivity contribution in [2.75, 3.05) is 12.4 Å². The van der Waals surface area contributed by atoms with Crippen molar-refractivity contribution >= 4 is 38.3 Å². The average Bonchev–Trinajstić information content (AvgIpc) is 2.96. The number of amides is 1. The average molecular weight is 417 g/mol. The van der Waals surface area contributed by atoms with E-state index in [1.165, 1.54) is 11.3 Å². The molecule has 3 aromatic rings. The first-order valence-electron chi connectivity index (χ1n) is 7.69. The molecule has 0 saturated heterocycles. The normalized spacial score (nSPS) is 10.7. The second-order valence-electron chi connectivity index (χ2n) is 5.52. The van der Waals surface area contributed by atoms with Crippen molar-refractivity contribution in [3.05, 3.63) is 69.0 Å². The maximum absolute atomic E-state index is 12.5.